The normalized spacial score (nSPS) is 16.3. The molecule has 0 radical (unpaired) electrons. The van der Waals surface area contributed by atoms with E-state index in [1.807, 2.05) is 31.5 Å². The molecule has 1 aliphatic heterocycles. The second-order valence-electron chi connectivity index (χ2n) is 8.72. The molecule has 1 saturated carbocycles. The summed E-state index contributed by atoms with van der Waals surface area (Å²) in [6.07, 6.45) is 9.36. The van der Waals surface area contributed by atoms with E-state index in [1.54, 1.807) is 0 Å². The van der Waals surface area contributed by atoms with Gasteiger partial charge in [0.15, 0.2) is 0 Å². The van der Waals surface area contributed by atoms with Gasteiger partial charge in [-0.2, -0.15) is 0 Å². The van der Waals surface area contributed by atoms with E-state index in [0.717, 1.165) is 53.9 Å². The average Bonchev–Trinajstić information content (AvgIpc) is 3.38. The number of hydrogen-bond donors (Lipinski definition) is 0. The summed E-state index contributed by atoms with van der Waals surface area (Å²) in [7, 11) is 0. The lowest BCUT2D eigenvalue weighted by atomic mass is 9.96. The first-order valence-corrected chi connectivity index (χ1v) is 10.9. The van der Waals surface area contributed by atoms with Crippen LogP contribution in [0.5, 0.6) is 0 Å². The van der Waals surface area contributed by atoms with Gasteiger partial charge in [0.1, 0.15) is 0 Å². The summed E-state index contributed by atoms with van der Waals surface area (Å²) >= 11 is 0. The fourth-order valence-corrected chi connectivity index (χ4v) is 4.88. The zero-order valence-electron chi connectivity index (χ0n) is 17.7. The maximum absolute atomic E-state index is 13.0. The molecule has 1 fully saturated rings. The Kier molecular flexibility index (Phi) is 4.86. The summed E-state index contributed by atoms with van der Waals surface area (Å²) < 4.78 is 0. The first-order chi connectivity index (χ1) is 14.6. The van der Waals surface area contributed by atoms with Gasteiger partial charge in [-0.05, 0) is 79.6 Å². The summed E-state index contributed by atoms with van der Waals surface area (Å²) in [4.78, 5) is 24.1. The molecule has 5 rings (SSSR count). The van der Waals surface area contributed by atoms with Crippen LogP contribution in [0, 0.1) is 13.8 Å². The highest BCUT2D eigenvalue weighted by Crippen LogP contribution is 2.33. The molecule has 0 saturated heterocycles. The van der Waals surface area contributed by atoms with E-state index in [4.69, 9.17) is 0 Å². The fourth-order valence-electron chi connectivity index (χ4n) is 4.88. The number of aromatic nitrogens is 2. The zero-order valence-corrected chi connectivity index (χ0v) is 17.7. The Bertz CT molecular complexity index is 1100. The van der Waals surface area contributed by atoms with Crippen LogP contribution in [0.2, 0.25) is 0 Å². The van der Waals surface area contributed by atoms with Crippen molar-refractivity contribution in [1.29, 1.82) is 0 Å². The number of fused-ring (bicyclic) bond motifs is 1. The molecule has 1 aromatic carbocycles. The van der Waals surface area contributed by atoms with Crippen molar-refractivity contribution in [3.8, 4) is 11.3 Å². The molecule has 1 amide bonds. The molecule has 3 aromatic rings. The van der Waals surface area contributed by atoms with E-state index in [9.17, 15) is 4.79 Å². The minimum Gasteiger partial charge on any atom is -0.331 e. The molecule has 30 heavy (non-hydrogen) atoms. The van der Waals surface area contributed by atoms with Crippen molar-refractivity contribution in [3.63, 3.8) is 0 Å². The van der Waals surface area contributed by atoms with Crippen LogP contribution < -0.4 is 0 Å². The van der Waals surface area contributed by atoms with E-state index in [1.165, 1.54) is 29.5 Å². The summed E-state index contributed by atoms with van der Waals surface area (Å²) in [5, 5.41) is 0. The smallest absolute Gasteiger partial charge is 0.254 e. The third-order valence-electron chi connectivity index (χ3n) is 6.57. The Morgan fingerprint density at radius 1 is 1.03 bits per heavy atom. The summed E-state index contributed by atoms with van der Waals surface area (Å²) in [6, 6.07) is 13.0. The quantitative estimate of drug-likeness (QED) is 0.604. The van der Waals surface area contributed by atoms with Crippen LogP contribution in [0.15, 0.2) is 48.8 Å². The maximum atomic E-state index is 13.0. The molecule has 0 spiro atoms. The topological polar surface area (TPSA) is 46.1 Å². The van der Waals surface area contributed by atoms with Crippen molar-refractivity contribution >= 4 is 5.91 Å². The van der Waals surface area contributed by atoms with E-state index < -0.39 is 0 Å². The number of rotatable bonds is 4. The van der Waals surface area contributed by atoms with Crippen LogP contribution in [0.1, 0.15) is 64.0 Å². The molecule has 0 bridgehead atoms. The van der Waals surface area contributed by atoms with Gasteiger partial charge in [0.2, 0.25) is 0 Å². The lowest BCUT2D eigenvalue weighted by Crippen LogP contribution is -2.33. The van der Waals surface area contributed by atoms with Crippen LogP contribution >= 0.6 is 0 Å². The molecule has 0 N–H and O–H groups in total. The third-order valence-corrected chi connectivity index (χ3v) is 6.57. The van der Waals surface area contributed by atoms with Crippen molar-refractivity contribution in [3.05, 3.63) is 82.3 Å². The Labute approximate surface area is 178 Å². The van der Waals surface area contributed by atoms with Gasteiger partial charge in [-0.1, -0.05) is 25.0 Å². The Morgan fingerprint density at radius 2 is 1.87 bits per heavy atom. The summed E-state index contributed by atoms with van der Waals surface area (Å²) in [5.41, 5.74) is 8.74. The molecular weight excluding hydrogens is 370 g/mol. The van der Waals surface area contributed by atoms with Gasteiger partial charge in [-0.3, -0.25) is 14.8 Å². The predicted octanol–water partition coefficient (Wildman–Crippen LogP) is 5.25. The summed E-state index contributed by atoms with van der Waals surface area (Å²) in [6.45, 7) is 4.92. The van der Waals surface area contributed by atoms with Crippen LogP contribution in [0.4, 0.5) is 0 Å². The standard InChI is InChI=1S/C26H27N3O/c1-17-11-22-16-29(23-5-3-4-6-23)26(30)24(22)14-21(17)13-19-7-8-25(28-15-19)20-9-10-27-18(2)12-20/h7-12,14-15,23H,3-6,13,16H2,1-2H3. The van der Waals surface area contributed by atoms with Crippen molar-refractivity contribution in [1.82, 2.24) is 14.9 Å². The van der Waals surface area contributed by atoms with Gasteiger partial charge in [-0.25, -0.2) is 0 Å². The number of carbonyl (C=O) groups excluding carboxylic acids is 1. The minimum absolute atomic E-state index is 0.222. The first kappa shape index (κ1) is 19.0. The molecule has 152 valence electrons. The van der Waals surface area contributed by atoms with Crippen molar-refractivity contribution in [2.24, 2.45) is 0 Å². The lowest BCUT2D eigenvalue weighted by Gasteiger charge is -2.23. The van der Waals surface area contributed by atoms with Crippen LogP contribution in [0.3, 0.4) is 0 Å². The van der Waals surface area contributed by atoms with E-state index in [2.05, 4.69) is 46.1 Å². The van der Waals surface area contributed by atoms with Gasteiger partial charge in [0, 0.05) is 41.8 Å². The molecule has 4 nitrogen and oxygen atoms in total. The second-order valence-corrected chi connectivity index (χ2v) is 8.72. The fraction of sp³-hybridized carbons (Fsp3) is 0.346. The largest absolute Gasteiger partial charge is 0.331 e. The van der Waals surface area contributed by atoms with Crippen LogP contribution in [-0.4, -0.2) is 26.8 Å². The Morgan fingerprint density at radius 3 is 2.60 bits per heavy atom. The van der Waals surface area contributed by atoms with Crippen molar-refractivity contribution in [2.75, 3.05) is 0 Å². The molecule has 2 aromatic heterocycles. The number of pyridine rings is 2. The molecule has 4 heteroatoms. The first-order valence-electron chi connectivity index (χ1n) is 10.9. The highest BCUT2D eigenvalue weighted by molar-refractivity contribution is 5.99. The van der Waals surface area contributed by atoms with Gasteiger partial charge in [0.25, 0.3) is 5.91 Å². The Balaban J connectivity index is 1.37. The van der Waals surface area contributed by atoms with Gasteiger partial charge >= 0.3 is 0 Å². The van der Waals surface area contributed by atoms with Crippen LogP contribution in [0.25, 0.3) is 11.3 Å². The number of carbonyl (C=O) groups is 1. The average molecular weight is 398 g/mol. The minimum atomic E-state index is 0.222. The molecule has 3 heterocycles. The summed E-state index contributed by atoms with van der Waals surface area (Å²) in [5.74, 6) is 0.222. The molecular formula is C26H27N3O. The monoisotopic (exact) mass is 397 g/mol. The second kappa shape index (κ2) is 7.67. The highest BCUT2D eigenvalue weighted by atomic mass is 16.2. The number of nitrogens with zero attached hydrogens (tertiary/aromatic N) is 3. The van der Waals surface area contributed by atoms with E-state index >= 15 is 0 Å². The highest BCUT2D eigenvalue weighted by Gasteiger charge is 2.34. The molecule has 0 unspecified atom stereocenters. The SMILES string of the molecule is Cc1cc(-c2ccc(Cc3cc4c(cc3C)CN(C3CCCC3)C4=O)cn2)ccn1. The zero-order chi connectivity index (χ0) is 20.7. The third kappa shape index (κ3) is 3.51. The van der Waals surface area contributed by atoms with E-state index in [0.29, 0.717) is 6.04 Å². The van der Waals surface area contributed by atoms with Gasteiger partial charge < -0.3 is 4.90 Å². The maximum Gasteiger partial charge on any atom is 0.254 e. The number of amides is 1. The molecule has 0 atom stereocenters. The van der Waals surface area contributed by atoms with E-state index in [-0.39, 0.29) is 5.91 Å². The van der Waals surface area contributed by atoms with Gasteiger partial charge in [0.05, 0.1) is 5.69 Å². The van der Waals surface area contributed by atoms with Crippen molar-refractivity contribution < 1.29 is 4.79 Å². The number of benzene rings is 1. The number of hydrogen-bond acceptors (Lipinski definition) is 3. The Hall–Kier alpha value is -3.01. The molecule has 2 aliphatic rings. The van der Waals surface area contributed by atoms with Gasteiger partial charge in [-0.15, -0.1) is 0 Å². The van der Waals surface area contributed by atoms with Crippen molar-refractivity contribution in [2.45, 2.75) is 58.5 Å². The number of aryl methyl sites for hydroxylation is 2. The van der Waals surface area contributed by atoms with Crippen LogP contribution in [-0.2, 0) is 13.0 Å². The molecule has 1 aliphatic carbocycles. The predicted molar refractivity (Wildman–Crippen MR) is 118 cm³/mol. The lowest BCUT2D eigenvalue weighted by molar-refractivity contribution is 0.0707.